The molecule has 1 aliphatic carbocycles. The van der Waals surface area contributed by atoms with Crippen LogP contribution < -0.4 is 0 Å². The number of allylic oxidation sites excluding steroid dienone is 4. The lowest BCUT2D eigenvalue weighted by Crippen LogP contribution is -2.17. The van der Waals surface area contributed by atoms with Gasteiger partial charge in [-0.3, -0.25) is 0 Å². The first kappa shape index (κ1) is 12.1. The molecule has 0 aromatic rings. The van der Waals surface area contributed by atoms with Crippen molar-refractivity contribution in [2.45, 2.75) is 32.9 Å². The molecule has 0 saturated heterocycles. The molecule has 0 aromatic carbocycles. The molecule has 0 unspecified atom stereocenters. The zero-order valence-corrected chi connectivity index (χ0v) is 8.90. The number of hydrogen-bond donors (Lipinski definition) is 0. The van der Waals surface area contributed by atoms with Crippen molar-refractivity contribution >= 4 is 0 Å². The van der Waals surface area contributed by atoms with Gasteiger partial charge in [-0.1, -0.05) is 25.5 Å². The predicted octanol–water partition coefficient (Wildman–Crippen LogP) is 3.83. The third-order valence-corrected chi connectivity index (χ3v) is 2.31. The molecule has 0 atom stereocenters. The Balaban J connectivity index is 2.47. The van der Waals surface area contributed by atoms with Crippen LogP contribution in [0.5, 0.6) is 0 Å². The smallest absolute Gasteiger partial charge is 0.422 e. The molecule has 0 amide bonds. The molecular formula is C11H15F3O. The average Bonchev–Trinajstić information content (AvgIpc) is 2.14. The van der Waals surface area contributed by atoms with Crippen LogP contribution in [0.4, 0.5) is 13.2 Å². The molecule has 0 spiro atoms. The second-order valence-corrected chi connectivity index (χ2v) is 3.93. The van der Waals surface area contributed by atoms with E-state index in [9.17, 15) is 13.2 Å². The second-order valence-electron chi connectivity index (χ2n) is 3.93. The lowest BCUT2D eigenvalue weighted by molar-refractivity contribution is -0.165. The fraction of sp³-hybridized carbons (Fsp3) is 0.636. The van der Waals surface area contributed by atoms with Gasteiger partial charge in [0.2, 0.25) is 0 Å². The molecule has 4 heteroatoms. The molecule has 1 rings (SSSR count). The Kier molecular flexibility index (Phi) is 3.83. The molecule has 86 valence electrons. The Labute approximate surface area is 87.6 Å². The molecule has 0 heterocycles. The molecule has 0 aromatic heterocycles. The highest BCUT2D eigenvalue weighted by Gasteiger charge is 2.28. The van der Waals surface area contributed by atoms with Gasteiger partial charge in [0.1, 0.15) is 0 Å². The largest absolute Gasteiger partial charge is 0.488 e. The van der Waals surface area contributed by atoms with Crippen molar-refractivity contribution in [3.8, 4) is 0 Å². The predicted molar refractivity (Wildman–Crippen MR) is 52.2 cm³/mol. The van der Waals surface area contributed by atoms with Crippen LogP contribution >= 0.6 is 0 Å². The Morgan fingerprint density at radius 1 is 1.27 bits per heavy atom. The number of hydrogen-bond acceptors (Lipinski definition) is 1. The third-order valence-electron chi connectivity index (χ3n) is 2.31. The molecule has 15 heavy (non-hydrogen) atoms. The molecule has 1 aliphatic rings. The van der Waals surface area contributed by atoms with Crippen LogP contribution in [0.1, 0.15) is 26.7 Å². The summed E-state index contributed by atoms with van der Waals surface area (Å²) in [4.78, 5) is 0. The minimum Gasteiger partial charge on any atom is -0.488 e. The molecule has 0 bridgehead atoms. The van der Waals surface area contributed by atoms with E-state index in [1.165, 1.54) is 5.57 Å². The fourth-order valence-electron chi connectivity index (χ4n) is 1.41. The maximum Gasteiger partial charge on any atom is 0.422 e. The summed E-state index contributed by atoms with van der Waals surface area (Å²) in [7, 11) is 0. The highest BCUT2D eigenvalue weighted by Crippen LogP contribution is 2.26. The monoisotopic (exact) mass is 220 g/mol. The topological polar surface area (TPSA) is 9.23 Å². The van der Waals surface area contributed by atoms with Crippen molar-refractivity contribution in [3.05, 3.63) is 23.5 Å². The Morgan fingerprint density at radius 3 is 2.33 bits per heavy atom. The molecule has 0 saturated carbocycles. The van der Waals surface area contributed by atoms with Gasteiger partial charge in [-0.15, -0.1) is 0 Å². The van der Waals surface area contributed by atoms with Crippen molar-refractivity contribution in [1.29, 1.82) is 0 Å². The van der Waals surface area contributed by atoms with Crippen molar-refractivity contribution in [1.82, 2.24) is 0 Å². The first-order valence-corrected chi connectivity index (χ1v) is 4.97. The van der Waals surface area contributed by atoms with Gasteiger partial charge < -0.3 is 4.74 Å². The van der Waals surface area contributed by atoms with Gasteiger partial charge in [-0.05, 0) is 18.4 Å². The highest BCUT2D eigenvalue weighted by molar-refractivity contribution is 5.22. The van der Waals surface area contributed by atoms with E-state index in [1.54, 1.807) is 6.08 Å². The van der Waals surface area contributed by atoms with Crippen LogP contribution in [-0.4, -0.2) is 12.8 Å². The van der Waals surface area contributed by atoms with E-state index < -0.39 is 12.8 Å². The normalized spacial score (nSPS) is 17.5. The van der Waals surface area contributed by atoms with Crippen LogP contribution in [0.3, 0.4) is 0 Å². The Hall–Kier alpha value is -0.930. The van der Waals surface area contributed by atoms with Crippen molar-refractivity contribution in [3.63, 3.8) is 0 Å². The summed E-state index contributed by atoms with van der Waals surface area (Å²) in [6.45, 7) is 2.95. The summed E-state index contributed by atoms with van der Waals surface area (Å²) in [5, 5.41) is 0. The molecule has 0 aliphatic heterocycles. The number of ether oxygens (including phenoxy) is 1. The van der Waals surface area contributed by atoms with Crippen LogP contribution in [0.25, 0.3) is 0 Å². The molecule has 1 nitrogen and oxygen atoms in total. The van der Waals surface area contributed by atoms with Gasteiger partial charge in [0.25, 0.3) is 0 Å². The standard InChI is InChI=1S/C11H15F3O/c1-8(2)9-3-5-10(6-4-9)15-7-11(12,13)14/h3,5,8H,4,6-7H2,1-2H3. The molecular weight excluding hydrogens is 205 g/mol. The Bertz CT molecular complexity index is 274. The third kappa shape index (κ3) is 4.40. The van der Waals surface area contributed by atoms with Crippen molar-refractivity contribution < 1.29 is 17.9 Å². The summed E-state index contributed by atoms with van der Waals surface area (Å²) >= 11 is 0. The van der Waals surface area contributed by atoms with Gasteiger partial charge in [-0.25, -0.2) is 0 Å². The van der Waals surface area contributed by atoms with E-state index in [2.05, 4.69) is 18.6 Å². The quantitative estimate of drug-likeness (QED) is 0.702. The second kappa shape index (κ2) is 4.73. The highest BCUT2D eigenvalue weighted by atomic mass is 19.4. The lowest BCUT2D eigenvalue weighted by Gasteiger charge is -2.18. The molecule has 0 N–H and O–H groups in total. The van der Waals surface area contributed by atoms with E-state index >= 15 is 0 Å². The summed E-state index contributed by atoms with van der Waals surface area (Å²) in [6, 6.07) is 0. The molecule has 0 fully saturated rings. The maximum atomic E-state index is 11.8. The maximum absolute atomic E-state index is 11.8. The van der Waals surface area contributed by atoms with Crippen LogP contribution in [-0.2, 0) is 4.74 Å². The number of halogens is 3. The van der Waals surface area contributed by atoms with E-state index in [1.807, 2.05) is 6.08 Å². The SMILES string of the molecule is CC(C)C1=CC=C(OCC(F)(F)F)CC1. The van der Waals surface area contributed by atoms with Crippen molar-refractivity contribution in [2.24, 2.45) is 5.92 Å². The van der Waals surface area contributed by atoms with Gasteiger partial charge in [-0.2, -0.15) is 13.2 Å². The van der Waals surface area contributed by atoms with Gasteiger partial charge in [0, 0.05) is 6.42 Å². The fourth-order valence-corrected chi connectivity index (χ4v) is 1.41. The number of alkyl halides is 3. The van der Waals surface area contributed by atoms with Crippen LogP contribution in [0, 0.1) is 5.92 Å². The summed E-state index contributed by atoms with van der Waals surface area (Å²) < 4.78 is 40.2. The minimum absolute atomic E-state index is 0.428. The van der Waals surface area contributed by atoms with Crippen molar-refractivity contribution in [2.75, 3.05) is 6.61 Å². The first-order chi connectivity index (χ1) is 6.88. The number of rotatable bonds is 3. The van der Waals surface area contributed by atoms with Gasteiger partial charge >= 0.3 is 6.18 Å². The van der Waals surface area contributed by atoms with Gasteiger partial charge in [0.05, 0.1) is 5.76 Å². The summed E-state index contributed by atoms with van der Waals surface area (Å²) in [5.74, 6) is 0.877. The summed E-state index contributed by atoms with van der Waals surface area (Å²) in [6.07, 6.45) is 0.620. The van der Waals surface area contributed by atoms with E-state index in [0.717, 1.165) is 6.42 Å². The Morgan fingerprint density at radius 2 is 1.93 bits per heavy atom. The average molecular weight is 220 g/mol. The first-order valence-electron chi connectivity index (χ1n) is 4.97. The van der Waals surface area contributed by atoms with E-state index in [4.69, 9.17) is 0 Å². The minimum atomic E-state index is -4.25. The van der Waals surface area contributed by atoms with E-state index in [-0.39, 0.29) is 0 Å². The zero-order chi connectivity index (χ0) is 11.5. The van der Waals surface area contributed by atoms with Gasteiger partial charge in [0.15, 0.2) is 6.61 Å². The molecule has 0 radical (unpaired) electrons. The summed E-state index contributed by atoms with van der Waals surface area (Å²) in [5.41, 5.74) is 1.26. The van der Waals surface area contributed by atoms with E-state index in [0.29, 0.717) is 18.1 Å². The lowest BCUT2D eigenvalue weighted by atomic mass is 9.94. The van der Waals surface area contributed by atoms with Crippen LogP contribution in [0.15, 0.2) is 23.5 Å². The zero-order valence-electron chi connectivity index (χ0n) is 8.90. The van der Waals surface area contributed by atoms with Crippen LogP contribution in [0.2, 0.25) is 0 Å².